The van der Waals surface area contributed by atoms with Crippen LogP contribution in [0.1, 0.15) is 33.4 Å². The van der Waals surface area contributed by atoms with Gasteiger partial charge in [-0.15, -0.1) is 0 Å². The number of esters is 1. The minimum atomic E-state index is -0.651. The van der Waals surface area contributed by atoms with Gasteiger partial charge in [-0.3, -0.25) is 4.79 Å². The number of hydrogen-bond donors (Lipinski definition) is 0. The third-order valence-electron chi connectivity index (χ3n) is 3.64. The second-order valence-corrected chi connectivity index (χ2v) is 5.85. The van der Waals surface area contributed by atoms with Crippen LogP contribution in [-0.2, 0) is 0 Å². The van der Waals surface area contributed by atoms with E-state index in [2.05, 4.69) is 5.16 Å². The molecule has 2 aromatic carbocycles. The third kappa shape index (κ3) is 3.46. The summed E-state index contributed by atoms with van der Waals surface area (Å²) in [5.41, 5.74) is 1.57. The Morgan fingerprint density at radius 3 is 2.52 bits per heavy atom. The molecule has 0 saturated carbocycles. The monoisotopic (exact) mass is 355 g/mol. The second kappa shape index (κ2) is 6.91. The van der Waals surface area contributed by atoms with E-state index in [1.165, 1.54) is 19.1 Å². The summed E-state index contributed by atoms with van der Waals surface area (Å²) in [4.78, 5) is 24.4. The Kier molecular flexibility index (Phi) is 4.67. The normalized spacial score (nSPS) is 10.5. The van der Waals surface area contributed by atoms with Crippen molar-refractivity contribution in [2.75, 3.05) is 0 Å². The lowest BCUT2D eigenvalue weighted by Gasteiger charge is -2.09. The Hall–Kier alpha value is -2.92. The molecular weight excluding hydrogens is 342 g/mol. The number of rotatable bonds is 4. The summed E-state index contributed by atoms with van der Waals surface area (Å²) in [6, 6.07) is 13.7. The molecule has 0 atom stereocenters. The van der Waals surface area contributed by atoms with Crippen molar-refractivity contribution in [3.05, 3.63) is 70.4 Å². The van der Waals surface area contributed by atoms with Crippen molar-refractivity contribution in [2.45, 2.75) is 13.8 Å². The van der Waals surface area contributed by atoms with Gasteiger partial charge in [0, 0.05) is 10.6 Å². The number of ether oxygens (including phenoxy) is 1. The van der Waals surface area contributed by atoms with Crippen LogP contribution < -0.4 is 4.74 Å². The minimum Gasteiger partial charge on any atom is -0.422 e. The van der Waals surface area contributed by atoms with E-state index in [0.717, 1.165) is 5.56 Å². The number of nitrogens with zero attached hydrogens (tertiary/aromatic N) is 1. The molecule has 1 heterocycles. The van der Waals surface area contributed by atoms with Gasteiger partial charge in [-0.2, -0.15) is 0 Å². The van der Waals surface area contributed by atoms with Crippen LogP contribution in [0.25, 0.3) is 11.3 Å². The Bertz CT molecular complexity index is 947. The summed E-state index contributed by atoms with van der Waals surface area (Å²) in [7, 11) is 0. The van der Waals surface area contributed by atoms with E-state index in [1.54, 1.807) is 13.0 Å². The molecule has 0 aliphatic carbocycles. The van der Waals surface area contributed by atoms with Crippen molar-refractivity contribution >= 4 is 23.4 Å². The first kappa shape index (κ1) is 16.9. The van der Waals surface area contributed by atoms with Gasteiger partial charge in [0.2, 0.25) is 0 Å². The quantitative estimate of drug-likeness (QED) is 0.384. The number of carbonyl (C=O) groups is 2. The van der Waals surface area contributed by atoms with Crippen LogP contribution >= 0.6 is 11.6 Å². The first-order chi connectivity index (χ1) is 12.0. The highest BCUT2D eigenvalue weighted by Gasteiger charge is 2.24. The van der Waals surface area contributed by atoms with Crippen molar-refractivity contribution in [1.29, 1.82) is 0 Å². The summed E-state index contributed by atoms with van der Waals surface area (Å²) in [5.74, 6) is -0.429. The number of carbonyl (C=O) groups excluding carboxylic acids is 2. The van der Waals surface area contributed by atoms with Crippen LogP contribution in [0.3, 0.4) is 0 Å². The SMILES string of the molecule is CC(=O)c1cc(Cl)ccc1OC(=O)c1c(-c2ccccc2)noc1C. The fraction of sp³-hybridized carbons (Fsp3) is 0.105. The highest BCUT2D eigenvalue weighted by Crippen LogP contribution is 2.28. The average Bonchev–Trinajstić information content (AvgIpc) is 2.98. The third-order valence-corrected chi connectivity index (χ3v) is 3.87. The second-order valence-electron chi connectivity index (χ2n) is 5.41. The molecule has 0 spiro atoms. The van der Waals surface area contributed by atoms with E-state index in [-0.39, 0.29) is 22.7 Å². The van der Waals surface area contributed by atoms with Crippen LogP contribution in [0.5, 0.6) is 5.75 Å². The van der Waals surface area contributed by atoms with Crippen LogP contribution in [0.2, 0.25) is 5.02 Å². The summed E-state index contributed by atoms with van der Waals surface area (Å²) < 4.78 is 10.6. The van der Waals surface area contributed by atoms with Crippen molar-refractivity contribution < 1.29 is 18.8 Å². The summed E-state index contributed by atoms with van der Waals surface area (Å²) in [5, 5.41) is 4.34. The zero-order valence-corrected chi connectivity index (χ0v) is 14.3. The molecule has 0 bridgehead atoms. The molecule has 0 N–H and O–H groups in total. The molecule has 0 aliphatic heterocycles. The van der Waals surface area contributed by atoms with Crippen LogP contribution in [-0.4, -0.2) is 16.9 Å². The Labute approximate surface area is 149 Å². The predicted octanol–water partition coefficient (Wildman–Crippen LogP) is 4.73. The van der Waals surface area contributed by atoms with Gasteiger partial charge in [0.05, 0.1) is 5.56 Å². The Morgan fingerprint density at radius 2 is 1.84 bits per heavy atom. The van der Waals surface area contributed by atoms with Gasteiger partial charge in [-0.1, -0.05) is 47.1 Å². The maximum absolute atomic E-state index is 12.7. The molecule has 126 valence electrons. The van der Waals surface area contributed by atoms with Crippen molar-refractivity contribution in [3.63, 3.8) is 0 Å². The number of benzene rings is 2. The predicted molar refractivity (Wildman–Crippen MR) is 93.1 cm³/mol. The zero-order chi connectivity index (χ0) is 18.0. The smallest absolute Gasteiger partial charge is 0.349 e. The molecule has 3 rings (SSSR count). The van der Waals surface area contributed by atoms with E-state index in [0.29, 0.717) is 16.5 Å². The molecule has 0 fully saturated rings. The molecule has 0 saturated heterocycles. The molecule has 0 radical (unpaired) electrons. The largest absolute Gasteiger partial charge is 0.422 e. The van der Waals surface area contributed by atoms with Gasteiger partial charge in [-0.05, 0) is 32.0 Å². The topological polar surface area (TPSA) is 69.4 Å². The standard InChI is InChI=1S/C19H14ClNO4/c1-11(22)15-10-14(20)8-9-16(15)24-19(23)17-12(2)25-21-18(17)13-6-4-3-5-7-13/h3-10H,1-2H3. The molecular formula is C19H14ClNO4. The highest BCUT2D eigenvalue weighted by molar-refractivity contribution is 6.31. The molecule has 0 amide bonds. The lowest BCUT2D eigenvalue weighted by atomic mass is 10.1. The molecule has 6 heteroatoms. The van der Waals surface area contributed by atoms with Gasteiger partial charge in [0.1, 0.15) is 22.8 Å². The van der Waals surface area contributed by atoms with E-state index in [1.807, 2.05) is 30.3 Å². The Morgan fingerprint density at radius 1 is 1.12 bits per heavy atom. The average molecular weight is 356 g/mol. The number of aryl methyl sites for hydroxylation is 1. The molecule has 3 aromatic rings. The summed E-state index contributed by atoms with van der Waals surface area (Å²) >= 11 is 5.91. The van der Waals surface area contributed by atoms with Crippen molar-refractivity contribution in [2.24, 2.45) is 0 Å². The zero-order valence-electron chi connectivity index (χ0n) is 13.6. The van der Waals surface area contributed by atoms with Crippen LogP contribution in [0.4, 0.5) is 0 Å². The number of Topliss-reactive ketones (excluding diaryl/α,β-unsaturated/α-hetero) is 1. The fourth-order valence-corrected chi connectivity index (χ4v) is 2.59. The van der Waals surface area contributed by atoms with E-state index in [9.17, 15) is 9.59 Å². The fourth-order valence-electron chi connectivity index (χ4n) is 2.42. The van der Waals surface area contributed by atoms with Crippen LogP contribution in [0, 0.1) is 6.92 Å². The van der Waals surface area contributed by atoms with Gasteiger partial charge in [-0.25, -0.2) is 4.79 Å². The lowest BCUT2D eigenvalue weighted by molar-refractivity contribution is 0.0731. The van der Waals surface area contributed by atoms with Crippen molar-refractivity contribution in [3.8, 4) is 17.0 Å². The molecule has 0 aliphatic rings. The molecule has 0 unspecified atom stereocenters. The molecule has 5 nitrogen and oxygen atoms in total. The van der Waals surface area contributed by atoms with Gasteiger partial charge in [0.25, 0.3) is 0 Å². The molecule has 25 heavy (non-hydrogen) atoms. The minimum absolute atomic E-state index is 0.140. The van der Waals surface area contributed by atoms with E-state index < -0.39 is 5.97 Å². The van der Waals surface area contributed by atoms with E-state index in [4.69, 9.17) is 20.9 Å². The summed E-state index contributed by atoms with van der Waals surface area (Å²) in [6.45, 7) is 3.01. The maximum Gasteiger partial charge on any atom is 0.349 e. The number of hydrogen-bond acceptors (Lipinski definition) is 5. The van der Waals surface area contributed by atoms with Crippen LogP contribution in [0.15, 0.2) is 53.1 Å². The lowest BCUT2D eigenvalue weighted by Crippen LogP contribution is -2.12. The summed E-state index contributed by atoms with van der Waals surface area (Å²) in [6.07, 6.45) is 0. The van der Waals surface area contributed by atoms with Gasteiger partial charge >= 0.3 is 5.97 Å². The first-order valence-electron chi connectivity index (χ1n) is 7.51. The number of aromatic nitrogens is 1. The van der Waals surface area contributed by atoms with E-state index >= 15 is 0 Å². The highest BCUT2D eigenvalue weighted by atomic mass is 35.5. The maximum atomic E-state index is 12.7. The van der Waals surface area contributed by atoms with Gasteiger partial charge < -0.3 is 9.26 Å². The Balaban J connectivity index is 1.99. The number of ketones is 1. The molecule has 1 aromatic heterocycles. The van der Waals surface area contributed by atoms with Gasteiger partial charge in [0.15, 0.2) is 5.78 Å². The number of halogens is 1. The van der Waals surface area contributed by atoms with Crippen molar-refractivity contribution in [1.82, 2.24) is 5.16 Å². The first-order valence-corrected chi connectivity index (χ1v) is 7.89.